The lowest BCUT2D eigenvalue weighted by atomic mass is 10.2. The van der Waals surface area contributed by atoms with Crippen molar-refractivity contribution in [2.75, 3.05) is 18.5 Å². The molecule has 0 atom stereocenters. The van der Waals surface area contributed by atoms with Crippen molar-refractivity contribution in [1.29, 1.82) is 0 Å². The monoisotopic (exact) mass is 234 g/mol. The standard InChI is InChI=1S/C12H18N4O/c1-2-16(8-9-3-4-9)12(17)10-5-6-14-7-11(10)15-13/h5-7,9,15H,2-4,8,13H2,1H3. The third-order valence-corrected chi connectivity index (χ3v) is 3.05. The third-order valence-electron chi connectivity index (χ3n) is 3.05. The average molecular weight is 234 g/mol. The van der Waals surface area contributed by atoms with Crippen LogP contribution in [0, 0.1) is 5.92 Å². The number of carbonyl (C=O) groups is 1. The number of hydrogen-bond acceptors (Lipinski definition) is 4. The zero-order valence-electron chi connectivity index (χ0n) is 10.0. The van der Waals surface area contributed by atoms with Gasteiger partial charge in [0, 0.05) is 19.3 Å². The molecule has 17 heavy (non-hydrogen) atoms. The molecule has 0 aliphatic heterocycles. The Morgan fingerprint density at radius 1 is 1.65 bits per heavy atom. The van der Waals surface area contributed by atoms with Crippen LogP contribution in [0.3, 0.4) is 0 Å². The van der Waals surface area contributed by atoms with Crippen LogP contribution in [0.15, 0.2) is 18.5 Å². The SMILES string of the molecule is CCN(CC1CC1)C(=O)c1ccncc1NN. The molecule has 1 saturated carbocycles. The Bertz CT molecular complexity index is 403. The van der Waals surface area contributed by atoms with Crippen LogP contribution in [-0.4, -0.2) is 28.9 Å². The third kappa shape index (κ3) is 2.74. The summed E-state index contributed by atoms with van der Waals surface area (Å²) in [6, 6.07) is 1.70. The van der Waals surface area contributed by atoms with Crippen LogP contribution in [0.25, 0.3) is 0 Å². The molecular formula is C12H18N4O. The lowest BCUT2D eigenvalue weighted by Crippen LogP contribution is -2.33. The van der Waals surface area contributed by atoms with Gasteiger partial charge in [0.25, 0.3) is 5.91 Å². The van der Waals surface area contributed by atoms with Crippen LogP contribution in [0.4, 0.5) is 5.69 Å². The molecule has 92 valence electrons. The van der Waals surface area contributed by atoms with Crippen molar-refractivity contribution >= 4 is 11.6 Å². The second kappa shape index (κ2) is 5.14. The van der Waals surface area contributed by atoms with Crippen LogP contribution in [0.2, 0.25) is 0 Å². The fourth-order valence-electron chi connectivity index (χ4n) is 1.83. The number of hydrogen-bond donors (Lipinski definition) is 2. The van der Waals surface area contributed by atoms with E-state index in [9.17, 15) is 4.79 Å². The summed E-state index contributed by atoms with van der Waals surface area (Å²) in [4.78, 5) is 18.1. The van der Waals surface area contributed by atoms with Crippen LogP contribution < -0.4 is 11.3 Å². The number of carbonyl (C=O) groups excluding carboxylic acids is 1. The number of nitrogens with one attached hydrogen (secondary N) is 1. The molecule has 0 bridgehead atoms. The number of amides is 1. The van der Waals surface area contributed by atoms with Crippen molar-refractivity contribution in [2.45, 2.75) is 19.8 Å². The summed E-state index contributed by atoms with van der Waals surface area (Å²) < 4.78 is 0. The Labute approximate surface area is 101 Å². The van der Waals surface area contributed by atoms with Gasteiger partial charge in [-0.15, -0.1) is 0 Å². The molecule has 1 amide bonds. The first-order chi connectivity index (χ1) is 8.26. The largest absolute Gasteiger partial charge is 0.339 e. The van der Waals surface area contributed by atoms with Crippen molar-refractivity contribution in [3.8, 4) is 0 Å². The van der Waals surface area contributed by atoms with Crippen molar-refractivity contribution in [3.05, 3.63) is 24.0 Å². The van der Waals surface area contributed by atoms with Gasteiger partial charge in [0.15, 0.2) is 0 Å². The Morgan fingerprint density at radius 2 is 2.41 bits per heavy atom. The molecular weight excluding hydrogens is 216 g/mol. The van der Waals surface area contributed by atoms with E-state index in [0.717, 1.165) is 13.1 Å². The molecule has 1 aliphatic carbocycles. The minimum absolute atomic E-state index is 0.0229. The van der Waals surface area contributed by atoms with Gasteiger partial charge in [-0.25, -0.2) is 0 Å². The highest BCUT2D eigenvalue weighted by molar-refractivity contribution is 5.99. The Hall–Kier alpha value is -1.62. The van der Waals surface area contributed by atoms with Crippen molar-refractivity contribution in [3.63, 3.8) is 0 Å². The normalized spacial score (nSPS) is 14.5. The lowest BCUT2D eigenvalue weighted by Gasteiger charge is -2.21. The molecule has 1 heterocycles. The predicted molar refractivity (Wildman–Crippen MR) is 66.3 cm³/mol. The van der Waals surface area contributed by atoms with Gasteiger partial charge in [-0.2, -0.15) is 0 Å². The predicted octanol–water partition coefficient (Wildman–Crippen LogP) is 1.24. The van der Waals surface area contributed by atoms with E-state index in [1.807, 2.05) is 11.8 Å². The van der Waals surface area contributed by atoms with Gasteiger partial charge in [-0.1, -0.05) is 0 Å². The minimum atomic E-state index is 0.0229. The lowest BCUT2D eigenvalue weighted by molar-refractivity contribution is 0.0757. The van der Waals surface area contributed by atoms with Gasteiger partial charge in [0.1, 0.15) is 0 Å². The molecule has 3 N–H and O–H groups in total. The van der Waals surface area contributed by atoms with Gasteiger partial charge >= 0.3 is 0 Å². The number of anilines is 1. The summed E-state index contributed by atoms with van der Waals surface area (Å²) in [5.41, 5.74) is 3.68. The summed E-state index contributed by atoms with van der Waals surface area (Å²) in [7, 11) is 0. The smallest absolute Gasteiger partial charge is 0.256 e. The number of nitrogens with zero attached hydrogens (tertiary/aromatic N) is 2. The average Bonchev–Trinajstić information content (AvgIpc) is 3.19. The maximum absolute atomic E-state index is 12.3. The van der Waals surface area contributed by atoms with E-state index in [0.29, 0.717) is 17.2 Å². The first kappa shape index (κ1) is 11.9. The molecule has 1 aliphatic rings. The van der Waals surface area contributed by atoms with E-state index in [1.165, 1.54) is 12.8 Å². The molecule has 0 aromatic carbocycles. The number of aromatic nitrogens is 1. The molecule has 5 nitrogen and oxygen atoms in total. The fourth-order valence-corrected chi connectivity index (χ4v) is 1.83. The maximum Gasteiger partial charge on any atom is 0.256 e. The Kier molecular flexibility index (Phi) is 3.58. The van der Waals surface area contributed by atoms with Crippen LogP contribution in [0.5, 0.6) is 0 Å². The van der Waals surface area contributed by atoms with Crippen LogP contribution in [0.1, 0.15) is 30.1 Å². The number of pyridine rings is 1. The summed E-state index contributed by atoms with van der Waals surface area (Å²) in [6.45, 7) is 3.57. The highest BCUT2D eigenvalue weighted by atomic mass is 16.2. The van der Waals surface area contributed by atoms with Crippen molar-refractivity contribution in [2.24, 2.45) is 11.8 Å². The molecule has 0 radical (unpaired) electrons. The van der Waals surface area contributed by atoms with E-state index in [-0.39, 0.29) is 5.91 Å². The highest BCUT2D eigenvalue weighted by Gasteiger charge is 2.27. The zero-order chi connectivity index (χ0) is 12.3. The Balaban J connectivity index is 2.15. The first-order valence-electron chi connectivity index (χ1n) is 5.96. The van der Waals surface area contributed by atoms with Crippen LogP contribution in [-0.2, 0) is 0 Å². The quantitative estimate of drug-likeness (QED) is 0.594. The highest BCUT2D eigenvalue weighted by Crippen LogP contribution is 2.30. The summed E-state index contributed by atoms with van der Waals surface area (Å²) in [6.07, 6.45) is 5.65. The summed E-state index contributed by atoms with van der Waals surface area (Å²) in [5, 5.41) is 0. The van der Waals surface area contributed by atoms with Crippen LogP contribution >= 0.6 is 0 Å². The summed E-state index contributed by atoms with van der Waals surface area (Å²) in [5.74, 6) is 6.10. The topological polar surface area (TPSA) is 71.2 Å². The number of rotatable bonds is 5. The molecule has 1 aromatic rings. The molecule has 5 heteroatoms. The fraction of sp³-hybridized carbons (Fsp3) is 0.500. The molecule has 0 spiro atoms. The molecule has 0 saturated heterocycles. The summed E-state index contributed by atoms with van der Waals surface area (Å²) >= 11 is 0. The van der Waals surface area contributed by atoms with Gasteiger partial charge in [-0.05, 0) is 31.7 Å². The van der Waals surface area contributed by atoms with E-state index >= 15 is 0 Å². The van der Waals surface area contributed by atoms with Crippen molar-refractivity contribution < 1.29 is 4.79 Å². The van der Waals surface area contributed by atoms with E-state index in [2.05, 4.69) is 10.4 Å². The van der Waals surface area contributed by atoms with Gasteiger partial charge < -0.3 is 10.3 Å². The zero-order valence-corrected chi connectivity index (χ0v) is 10.0. The second-order valence-electron chi connectivity index (χ2n) is 4.35. The van der Waals surface area contributed by atoms with Gasteiger partial charge in [0.05, 0.1) is 17.4 Å². The molecule has 1 aromatic heterocycles. The molecule has 2 rings (SSSR count). The van der Waals surface area contributed by atoms with E-state index < -0.39 is 0 Å². The molecule has 0 unspecified atom stereocenters. The molecule has 1 fully saturated rings. The second-order valence-corrected chi connectivity index (χ2v) is 4.35. The van der Waals surface area contributed by atoms with E-state index in [1.54, 1.807) is 18.5 Å². The van der Waals surface area contributed by atoms with E-state index in [4.69, 9.17) is 5.84 Å². The van der Waals surface area contributed by atoms with Gasteiger partial charge in [0.2, 0.25) is 0 Å². The van der Waals surface area contributed by atoms with Gasteiger partial charge in [-0.3, -0.25) is 15.6 Å². The number of hydrazine groups is 1. The first-order valence-corrected chi connectivity index (χ1v) is 5.96. The minimum Gasteiger partial charge on any atom is -0.339 e. The van der Waals surface area contributed by atoms with Crippen molar-refractivity contribution in [1.82, 2.24) is 9.88 Å². The number of nitrogens with two attached hydrogens (primary N) is 1. The number of nitrogen functional groups attached to an aromatic ring is 1. The Morgan fingerprint density at radius 3 is 3.00 bits per heavy atom. The maximum atomic E-state index is 12.3.